The van der Waals surface area contributed by atoms with E-state index in [1.165, 1.54) is 0 Å². The van der Waals surface area contributed by atoms with Gasteiger partial charge < -0.3 is 9.80 Å². The van der Waals surface area contributed by atoms with Crippen molar-refractivity contribution in [1.82, 2.24) is 9.80 Å². The molecule has 0 aromatic rings. The lowest BCUT2D eigenvalue weighted by molar-refractivity contribution is -0.140. The maximum atomic E-state index is 12.4. The summed E-state index contributed by atoms with van der Waals surface area (Å²) in [4.78, 5) is 16.9. The van der Waals surface area contributed by atoms with Gasteiger partial charge in [0.25, 0.3) is 0 Å². The van der Waals surface area contributed by atoms with Crippen LogP contribution in [-0.2, 0) is 4.79 Å². The number of hydrogen-bond donors (Lipinski definition) is 0. The minimum atomic E-state index is -0.204. The van der Waals surface area contributed by atoms with Crippen molar-refractivity contribution in [2.24, 2.45) is 5.41 Å². The molecule has 1 fully saturated rings. The molecule has 0 saturated carbocycles. The third-order valence-electron chi connectivity index (χ3n) is 3.74. The molecule has 1 amide bonds. The summed E-state index contributed by atoms with van der Waals surface area (Å²) in [5.41, 5.74) is -0.204. The van der Waals surface area contributed by atoms with Gasteiger partial charge in [-0.3, -0.25) is 4.79 Å². The lowest BCUT2D eigenvalue weighted by Gasteiger charge is -2.30. The number of hydrogen-bond acceptors (Lipinski definition) is 2. The third-order valence-corrected chi connectivity index (χ3v) is 4.09. The maximum absolute atomic E-state index is 12.4. The summed E-state index contributed by atoms with van der Waals surface area (Å²) < 4.78 is 0. The van der Waals surface area contributed by atoms with Gasteiger partial charge in [0.15, 0.2) is 0 Å². The number of halogens is 1. The Morgan fingerprint density at radius 1 is 1.24 bits per heavy atom. The highest BCUT2D eigenvalue weighted by molar-refractivity contribution is 9.09. The first-order valence-corrected chi connectivity index (χ1v) is 7.71. The Hall–Kier alpha value is -0.0900. The topological polar surface area (TPSA) is 23.6 Å². The highest BCUT2D eigenvalue weighted by atomic mass is 79.9. The van der Waals surface area contributed by atoms with Gasteiger partial charge in [0.05, 0.1) is 0 Å². The monoisotopic (exact) mass is 304 g/mol. The zero-order chi connectivity index (χ0) is 12.9. The van der Waals surface area contributed by atoms with Crippen LogP contribution >= 0.6 is 15.9 Å². The largest absolute Gasteiger partial charge is 0.341 e. The first-order chi connectivity index (χ1) is 8.01. The Labute approximate surface area is 114 Å². The normalized spacial score (nSPS) is 19.2. The van der Waals surface area contributed by atoms with Crippen LogP contribution in [0.15, 0.2) is 0 Å². The molecule has 3 nitrogen and oxygen atoms in total. The van der Waals surface area contributed by atoms with Crippen LogP contribution in [0.5, 0.6) is 0 Å². The van der Waals surface area contributed by atoms with Crippen molar-refractivity contribution < 1.29 is 4.79 Å². The van der Waals surface area contributed by atoms with Crippen molar-refractivity contribution in [2.45, 2.75) is 33.6 Å². The first-order valence-electron chi connectivity index (χ1n) is 6.59. The first kappa shape index (κ1) is 15.0. The molecule has 1 aliphatic heterocycles. The molecule has 100 valence electrons. The van der Waals surface area contributed by atoms with Crippen LogP contribution in [0.4, 0.5) is 0 Å². The molecule has 0 bridgehead atoms. The molecule has 0 radical (unpaired) electrons. The highest BCUT2D eigenvalue weighted by Gasteiger charge is 2.30. The lowest BCUT2D eigenvalue weighted by Crippen LogP contribution is -2.42. The van der Waals surface area contributed by atoms with Gasteiger partial charge in [-0.05, 0) is 19.4 Å². The van der Waals surface area contributed by atoms with Gasteiger partial charge in [-0.15, -0.1) is 0 Å². The number of alkyl halides is 1. The molecule has 17 heavy (non-hydrogen) atoms. The zero-order valence-electron chi connectivity index (χ0n) is 11.3. The van der Waals surface area contributed by atoms with Gasteiger partial charge in [0.1, 0.15) is 0 Å². The highest BCUT2D eigenvalue weighted by Crippen LogP contribution is 2.23. The summed E-state index contributed by atoms with van der Waals surface area (Å²) in [6.45, 7) is 11.2. The summed E-state index contributed by atoms with van der Waals surface area (Å²) in [5, 5.41) is 1.02. The van der Waals surface area contributed by atoms with Gasteiger partial charge in [0, 0.05) is 36.9 Å². The molecule has 0 unspecified atom stereocenters. The van der Waals surface area contributed by atoms with Crippen LogP contribution in [0, 0.1) is 5.41 Å². The van der Waals surface area contributed by atoms with E-state index in [1.54, 1.807) is 0 Å². The predicted molar refractivity (Wildman–Crippen MR) is 75.5 cm³/mol. The number of carbonyl (C=O) groups excluding carboxylic acids is 1. The molecule has 1 rings (SSSR count). The summed E-state index contributed by atoms with van der Waals surface area (Å²) >= 11 is 3.48. The number of nitrogens with zero attached hydrogens (tertiary/aromatic N) is 2. The summed E-state index contributed by atoms with van der Waals surface area (Å²) in [5.74, 6) is 0.320. The Kier molecular flexibility index (Phi) is 5.93. The standard InChI is InChI=1S/C13H25BrN2O/c1-4-13(2,3)12(17)16-8-5-7-15(9-6-14)10-11-16/h4-11H2,1-3H3. The molecule has 0 spiro atoms. The molecule has 0 N–H and O–H groups in total. The summed E-state index contributed by atoms with van der Waals surface area (Å²) in [6.07, 6.45) is 2.01. The van der Waals surface area contributed by atoms with Crippen LogP contribution in [0.25, 0.3) is 0 Å². The van der Waals surface area contributed by atoms with E-state index in [0.29, 0.717) is 5.91 Å². The van der Waals surface area contributed by atoms with E-state index in [9.17, 15) is 4.79 Å². The smallest absolute Gasteiger partial charge is 0.228 e. The van der Waals surface area contributed by atoms with E-state index in [0.717, 1.165) is 50.9 Å². The number of rotatable bonds is 4. The fourth-order valence-electron chi connectivity index (χ4n) is 2.10. The summed E-state index contributed by atoms with van der Waals surface area (Å²) in [7, 11) is 0. The van der Waals surface area contributed by atoms with Gasteiger partial charge >= 0.3 is 0 Å². The Bertz CT molecular complexity index is 256. The second kappa shape index (κ2) is 6.74. The van der Waals surface area contributed by atoms with Gasteiger partial charge in [-0.1, -0.05) is 36.7 Å². The second-order valence-corrected chi connectivity index (χ2v) is 6.21. The van der Waals surface area contributed by atoms with Crippen LogP contribution in [0.2, 0.25) is 0 Å². The maximum Gasteiger partial charge on any atom is 0.228 e. The number of carbonyl (C=O) groups is 1. The predicted octanol–water partition coefficient (Wildman–Crippen LogP) is 2.35. The molecule has 0 aliphatic carbocycles. The lowest BCUT2D eigenvalue weighted by atomic mass is 9.88. The fraction of sp³-hybridized carbons (Fsp3) is 0.923. The Morgan fingerprint density at radius 3 is 2.53 bits per heavy atom. The fourth-order valence-corrected chi connectivity index (χ4v) is 2.60. The third kappa shape index (κ3) is 4.25. The molecule has 1 saturated heterocycles. The van der Waals surface area contributed by atoms with Crippen LogP contribution in [-0.4, -0.2) is 53.8 Å². The van der Waals surface area contributed by atoms with Gasteiger partial charge in [-0.25, -0.2) is 0 Å². The van der Waals surface area contributed by atoms with Gasteiger partial charge in [-0.2, -0.15) is 0 Å². The van der Waals surface area contributed by atoms with Crippen molar-refractivity contribution in [3.63, 3.8) is 0 Å². The zero-order valence-corrected chi connectivity index (χ0v) is 12.9. The van der Waals surface area contributed by atoms with Crippen LogP contribution < -0.4 is 0 Å². The van der Waals surface area contributed by atoms with Crippen molar-refractivity contribution >= 4 is 21.8 Å². The van der Waals surface area contributed by atoms with E-state index >= 15 is 0 Å². The van der Waals surface area contributed by atoms with E-state index in [1.807, 2.05) is 0 Å². The van der Waals surface area contributed by atoms with Crippen molar-refractivity contribution in [1.29, 1.82) is 0 Å². The van der Waals surface area contributed by atoms with E-state index < -0.39 is 0 Å². The molecular weight excluding hydrogens is 280 g/mol. The molecule has 1 heterocycles. The minimum Gasteiger partial charge on any atom is -0.341 e. The van der Waals surface area contributed by atoms with Crippen molar-refractivity contribution in [2.75, 3.05) is 38.1 Å². The molecular formula is C13H25BrN2O. The van der Waals surface area contributed by atoms with Crippen LogP contribution in [0.1, 0.15) is 33.6 Å². The molecule has 0 atom stereocenters. The number of amides is 1. The summed E-state index contributed by atoms with van der Waals surface area (Å²) in [6, 6.07) is 0. The van der Waals surface area contributed by atoms with Gasteiger partial charge in [0.2, 0.25) is 5.91 Å². The minimum absolute atomic E-state index is 0.204. The molecule has 0 aromatic carbocycles. The van der Waals surface area contributed by atoms with E-state index in [2.05, 4.69) is 46.5 Å². The SMILES string of the molecule is CCC(C)(C)C(=O)N1CCCN(CCBr)CC1. The average Bonchev–Trinajstić information content (AvgIpc) is 2.54. The molecule has 1 aliphatic rings. The van der Waals surface area contributed by atoms with E-state index in [-0.39, 0.29) is 5.41 Å². The molecule has 0 aromatic heterocycles. The van der Waals surface area contributed by atoms with Crippen molar-refractivity contribution in [3.05, 3.63) is 0 Å². The Morgan fingerprint density at radius 2 is 1.94 bits per heavy atom. The Balaban J connectivity index is 2.54. The van der Waals surface area contributed by atoms with E-state index in [4.69, 9.17) is 0 Å². The average molecular weight is 305 g/mol. The second-order valence-electron chi connectivity index (χ2n) is 5.41. The quantitative estimate of drug-likeness (QED) is 0.744. The van der Waals surface area contributed by atoms with Crippen LogP contribution in [0.3, 0.4) is 0 Å². The van der Waals surface area contributed by atoms with Crippen molar-refractivity contribution in [3.8, 4) is 0 Å². The molecule has 4 heteroatoms.